The molecule has 3 rings (SSSR count). The summed E-state index contributed by atoms with van der Waals surface area (Å²) in [6.07, 6.45) is 0. The molecule has 1 aromatic carbocycles. The SMILES string of the molecule is CC(C)SCCSc1nc2ccc(NC(=O)c3ccc([N+](=O)[O-])s3)cc2s1. The number of fused-ring (bicyclic) bond motifs is 1. The summed E-state index contributed by atoms with van der Waals surface area (Å²) in [6.45, 7) is 4.38. The van der Waals surface area contributed by atoms with Gasteiger partial charge in [0.1, 0.15) is 0 Å². The molecule has 2 heterocycles. The molecule has 0 bridgehead atoms. The van der Waals surface area contributed by atoms with Gasteiger partial charge in [-0.05, 0) is 29.5 Å². The summed E-state index contributed by atoms with van der Waals surface area (Å²) < 4.78 is 2.02. The third-order valence-electron chi connectivity index (χ3n) is 3.38. The predicted octanol–water partition coefficient (Wildman–Crippen LogP) is 5.75. The van der Waals surface area contributed by atoms with E-state index >= 15 is 0 Å². The van der Waals surface area contributed by atoms with Gasteiger partial charge in [0.25, 0.3) is 5.91 Å². The van der Waals surface area contributed by atoms with Crippen LogP contribution >= 0.6 is 46.2 Å². The normalized spacial score (nSPS) is 11.2. The van der Waals surface area contributed by atoms with Crippen molar-refractivity contribution in [3.05, 3.63) is 45.3 Å². The van der Waals surface area contributed by atoms with Crippen molar-refractivity contribution in [3.8, 4) is 0 Å². The quantitative estimate of drug-likeness (QED) is 0.208. The van der Waals surface area contributed by atoms with Crippen molar-refractivity contribution in [2.45, 2.75) is 23.4 Å². The number of nitrogens with zero attached hydrogens (tertiary/aromatic N) is 2. The lowest BCUT2D eigenvalue weighted by Crippen LogP contribution is -2.09. The second-order valence-electron chi connectivity index (χ2n) is 5.78. The highest BCUT2D eigenvalue weighted by atomic mass is 32.2. The van der Waals surface area contributed by atoms with Crippen LogP contribution in [0, 0.1) is 10.1 Å². The van der Waals surface area contributed by atoms with Crippen LogP contribution in [0.3, 0.4) is 0 Å². The molecule has 3 aromatic rings. The molecule has 142 valence electrons. The molecule has 0 aliphatic heterocycles. The number of amides is 1. The zero-order valence-electron chi connectivity index (χ0n) is 14.6. The first kappa shape index (κ1) is 20.1. The lowest BCUT2D eigenvalue weighted by atomic mass is 10.3. The van der Waals surface area contributed by atoms with Crippen molar-refractivity contribution in [2.75, 3.05) is 16.8 Å². The minimum Gasteiger partial charge on any atom is -0.321 e. The van der Waals surface area contributed by atoms with E-state index in [1.807, 2.05) is 23.9 Å². The lowest BCUT2D eigenvalue weighted by Gasteiger charge is -2.02. The number of thioether (sulfide) groups is 2. The second-order valence-corrected chi connectivity index (χ2v) is 10.9. The van der Waals surface area contributed by atoms with Gasteiger partial charge in [-0.3, -0.25) is 14.9 Å². The van der Waals surface area contributed by atoms with Crippen molar-refractivity contribution in [1.82, 2.24) is 4.98 Å². The fourth-order valence-electron chi connectivity index (χ4n) is 2.20. The summed E-state index contributed by atoms with van der Waals surface area (Å²) in [5.41, 5.74) is 1.56. The fourth-order valence-corrected chi connectivity index (χ4v) is 5.93. The molecule has 2 aromatic heterocycles. The van der Waals surface area contributed by atoms with Crippen molar-refractivity contribution in [2.24, 2.45) is 0 Å². The van der Waals surface area contributed by atoms with Crippen molar-refractivity contribution in [1.29, 1.82) is 0 Å². The van der Waals surface area contributed by atoms with Crippen molar-refractivity contribution < 1.29 is 9.72 Å². The highest BCUT2D eigenvalue weighted by Gasteiger charge is 2.16. The van der Waals surface area contributed by atoms with Crippen LogP contribution < -0.4 is 5.32 Å². The summed E-state index contributed by atoms with van der Waals surface area (Å²) in [5.74, 6) is 1.76. The van der Waals surface area contributed by atoms with Gasteiger partial charge in [-0.2, -0.15) is 11.8 Å². The average molecular weight is 440 g/mol. The monoisotopic (exact) mass is 439 g/mol. The van der Waals surface area contributed by atoms with Crippen LogP contribution in [0.2, 0.25) is 0 Å². The molecule has 0 atom stereocenters. The van der Waals surface area contributed by atoms with Gasteiger partial charge in [-0.1, -0.05) is 36.9 Å². The summed E-state index contributed by atoms with van der Waals surface area (Å²) in [5, 5.41) is 14.1. The number of nitrogens with one attached hydrogen (secondary N) is 1. The van der Waals surface area contributed by atoms with E-state index in [9.17, 15) is 14.9 Å². The number of aromatic nitrogens is 1. The zero-order valence-corrected chi connectivity index (χ0v) is 17.9. The first-order chi connectivity index (χ1) is 12.9. The maximum atomic E-state index is 12.3. The van der Waals surface area contributed by atoms with E-state index in [1.54, 1.807) is 29.2 Å². The van der Waals surface area contributed by atoms with Gasteiger partial charge in [0.15, 0.2) is 4.34 Å². The van der Waals surface area contributed by atoms with Crippen LogP contribution in [0.25, 0.3) is 10.2 Å². The molecule has 6 nitrogen and oxygen atoms in total. The average Bonchev–Trinajstić information content (AvgIpc) is 3.25. The Bertz CT molecular complexity index is 967. The van der Waals surface area contributed by atoms with Crippen LogP contribution in [0.5, 0.6) is 0 Å². The first-order valence-electron chi connectivity index (χ1n) is 8.13. The minimum atomic E-state index is -0.496. The molecular formula is C17H17N3O3S4. The molecule has 0 saturated heterocycles. The van der Waals surface area contributed by atoms with Crippen LogP contribution in [-0.4, -0.2) is 32.6 Å². The number of thiazole rings is 1. The minimum absolute atomic E-state index is 0.0460. The first-order valence-corrected chi connectivity index (χ1v) is 11.8. The smallest absolute Gasteiger partial charge is 0.321 e. The molecule has 0 aliphatic carbocycles. The Morgan fingerprint density at radius 3 is 2.78 bits per heavy atom. The molecule has 0 unspecified atom stereocenters. The number of carbonyl (C=O) groups excluding carboxylic acids is 1. The summed E-state index contributed by atoms with van der Waals surface area (Å²) >= 11 is 6.15. The Labute approximate surface area is 172 Å². The Morgan fingerprint density at radius 2 is 2.07 bits per heavy atom. The van der Waals surface area contributed by atoms with E-state index in [-0.39, 0.29) is 10.9 Å². The number of hydrogen-bond donors (Lipinski definition) is 1. The van der Waals surface area contributed by atoms with E-state index in [1.165, 1.54) is 12.1 Å². The topological polar surface area (TPSA) is 85.1 Å². The van der Waals surface area contributed by atoms with Gasteiger partial charge in [-0.25, -0.2) is 4.98 Å². The molecule has 0 saturated carbocycles. The largest absolute Gasteiger partial charge is 0.324 e. The second kappa shape index (κ2) is 9.05. The highest BCUT2D eigenvalue weighted by Crippen LogP contribution is 2.32. The van der Waals surface area contributed by atoms with Gasteiger partial charge in [0, 0.05) is 23.3 Å². The van der Waals surface area contributed by atoms with Crippen LogP contribution in [0.4, 0.5) is 10.7 Å². The van der Waals surface area contributed by atoms with Crippen molar-refractivity contribution in [3.63, 3.8) is 0 Å². The Kier molecular flexibility index (Phi) is 6.74. The number of thiophene rings is 1. The molecule has 27 heavy (non-hydrogen) atoms. The van der Waals surface area contributed by atoms with E-state index in [2.05, 4.69) is 24.1 Å². The third-order valence-corrected chi connectivity index (χ3v) is 7.95. The molecule has 0 radical (unpaired) electrons. The molecular weight excluding hydrogens is 422 g/mol. The molecule has 1 amide bonds. The van der Waals surface area contributed by atoms with Crippen LogP contribution in [-0.2, 0) is 0 Å². The maximum absolute atomic E-state index is 12.3. The Balaban J connectivity index is 1.65. The molecule has 10 heteroatoms. The zero-order chi connectivity index (χ0) is 19.4. The number of carbonyl (C=O) groups is 1. The number of anilines is 1. The fraction of sp³-hybridized carbons (Fsp3) is 0.294. The molecule has 0 aliphatic rings. The Hall–Kier alpha value is -1.62. The van der Waals surface area contributed by atoms with Gasteiger partial charge in [0.05, 0.1) is 20.0 Å². The Morgan fingerprint density at radius 1 is 1.26 bits per heavy atom. The third kappa shape index (κ3) is 5.44. The van der Waals surface area contributed by atoms with Crippen LogP contribution in [0.1, 0.15) is 23.5 Å². The van der Waals surface area contributed by atoms with Crippen molar-refractivity contribution >= 4 is 73.0 Å². The van der Waals surface area contributed by atoms with Gasteiger partial charge >= 0.3 is 5.00 Å². The van der Waals surface area contributed by atoms with E-state index in [0.29, 0.717) is 15.8 Å². The highest BCUT2D eigenvalue weighted by molar-refractivity contribution is 8.04. The predicted molar refractivity (Wildman–Crippen MR) is 117 cm³/mol. The maximum Gasteiger partial charge on any atom is 0.324 e. The summed E-state index contributed by atoms with van der Waals surface area (Å²) in [4.78, 5) is 27.5. The van der Waals surface area contributed by atoms with E-state index in [4.69, 9.17) is 0 Å². The van der Waals surface area contributed by atoms with Gasteiger partial charge in [-0.15, -0.1) is 11.3 Å². The van der Waals surface area contributed by atoms with Gasteiger partial charge in [0.2, 0.25) is 0 Å². The summed E-state index contributed by atoms with van der Waals surface area (Å²) in [6, 6.07) is 8.37. The lowest BCUT2D eigenvalue weighted by molar-refractivity contribution is -0.380. The number of benzene rings is 1. The molecule has 0 fully saturated rings. The summed E-state index contributed by atoms with van der Waals surface area (Å²) in [7, 11) is 0. The van der Waals surface area contributed by atoms with Gasteiger partial charge < -0.3 is 5.32 Å². The number of rotatable bonds is 8. The van der Waals surface area contributed by atoms with Crippen LogP contribution in [0.15, 0.2) is 34.7 Å². The number of nitro groups is 1. The molecule has 0 spiro atoms. The number of hydrogen-bond acceptors (Lipinski definition) is 8. The molecule has 1 N–H and O–H groups in total. The van der Waals surface area contributed by atoms with E-state index < -0.39 is 4.92 Å². The van der Waals surface area contributed by atoms with E-state index in [0.717, 1.165) is 37.4 Å². The standard InChI is InChI=1S/C17H17N3O3S4/c1-10(2)24-7-8-25-17-19-12-4-3-11(9-14(12)27-17)18-16(21)13-5-6-15(26-13)20(22)23/h3-6,9-10H,7-8H2,1-2H3,(H,18,21).